The van der Waals surface area contributed by atoms with Crippen LogP contribution in [-0.2, 0) is 0 Å². The van der Waals surface area contributed by atoms with Crippen molar-refractivity contribution in [2.75, 3.05) is 6.61 Å². The van der Waals surface area contributed by atoms with Crippen molar-refractivity contribution in [3.8, 4) is 16.9 Å². The Morgan fingerprint density at radius 3 is 1.97 bits per heavy atom. The lowest BCUT2D eigenvalue weighted by atomic mass is 9.79. The Labute approximate surface area is 179 Å². The summed E-state index contributed by atoms with van der Waals surface area (Å²) in [7, 11) is 0. The summed E-state index contributed by atoms with van der Waals surface area (Å²) in [5, 5.41) is 0. The summed E-state index contributed by atoms with van der Waals surface area (Å²) in [4.78, 5) is 0. The predicted octanol–water partition coefficient (Wildman–Crippen LogP) is 8.13. The average molecular weight is 413 g/mol. The maximum atomic E-state index is 14.8. The second-order valence-corrected chi connectivity index (χ2v) is 9.75. The number of halogens is 2. The van der Waals surface area contributed by atoms with Crippen LogP contribution in [0.25, 0.3) is 11.1 Å². The zero-order chi connectivity index (χ0) is 21.1. The molecule has 2 aliphatic carbocycles. The van der Waals surface area contributed by atoms with Crippen molar-refractivity contribution in [2.45, 2.75) is 71.1 Å². The molecular weight excluding hydrogens is 378 g/mol. The Kier molecular flexibility index (Phi) is 6.75. The molecule has 4 rings (SSSR count). The minimum absolute atomic E-state index is 0.0304. The zero-order valence-electron chi connectivity index (χ0n) is 18.3. The van der Waals surface area contributed by atoms with Gasteiger partial charge in [0.25, 0.3) is 0 Å². The van der Waals surface area contributed by atoms with Crippen LogP contribution in [0.3, 0.4) is 0 Å². The van der Waals surface area contributed by atoms with Crippen molar-refractivity contribution in [3.05, 3.63) is 53.6 Å². The molecule has 0 spiro atoms. The first kappa shape index (κ1) is 21.3. The van der Waals surface area contributed by atoms with E-state index in [1.165, 1.54) is 44.1 Å². The highest BCUT2D eigenvalue weighted by atomic mass is 19.2. The summed E-state index contributed by atoms with van der Waals surface area (Å²) >= 11 is 0. The van der Waals surface area contributed by atoms with E-state index in [4.69, 9.17) is 4.74 Å². The molecule has 0 unspecified atom stereocenters. The van der Waals surface area contributed by atoms with Gasteiger partial charge in [0.15, 0.2) is 11.6 Å². The highest BCUT2D eigenvalue weighted by molar-refractivity contribution is 5.65. The van der Waals surface area contributed by atoms with Gasteiger partial charge in [-0.15, -0.1) is 0 Å². The zero-order valence-corrected chi connectivity index (χ0v) is 18.3. The Hall–Kier alpha value is -1.90. The fraction of sp³-hybridized carbons (Fsp3) is 0.556. The minimum Gasteiger partial charge on any atom is -0.490 e. The summed E-state index contributed by atoms with van der Waals surface area (Å²) < 4.78 is 35.2. The van der Waals surface area contributed by atoms with E-state index in [9.17, 15) is 8.78 Å². The van der Waals surface area contributed by atoms with Crippen molar-refractivity contribution in [1.29, 1.82) is 0 Å². The van der Waals surface area contributed by atoms with Gasteiger partial charge in [-0.2, -0.15) is 4.39 Å². The molecule has 2 aromatic rings. The predicted molar refractivity (Wildman–Crippen MR) is 119 cm³/mol. The van der Waals surface area contributed by atoms with Crippen LogP contribution >= 0.6 is 0 Å². The molecule has 2 saturated carbocycles. The van der Waals surface area contributed by atoms with Gasteiger partial charge in [0.1, 0.15) is 0 Å². The maximum Gasteiger partial charge on any atom is 0.201 e. The third-order valence-corrected chi connectivity index (χ3v) is 7.37. The first-order chi connectivity index (χ1) is 14.5. The highest BCUT2D eigenvalue weighted by Crippen LogP contribution is 2.37. The molecule has 1 nitrogen and oxygen atoms in total. The number of benzene rings is 2. The van der Waals surface area contributed by atoms with Crippen molar-refractivity contribution >= 4 is 0 Å². The lowest BCUT2D eigenvalue weighted by Crippen LogP contribution is -2.19. The minimum atomic E-state index is -0.873. The van der Waals surface area contributed by atoms with Gasteiger partial charge in [-0.25, -0.2) is 4.39 Å². The van der Waals surface area contributed by atoms with Crippen LogP contribution in [0.2, 0.25) is 0 Å². The molecule has 0 bridgehead atoms. The topological polar surface area (TPSA) is 9.23 Å². The van der Waals surface area contributed by atoms with Gasteiger partial charge < -0.3 is 4.74 Å². The molecule has 0 aliphatic heterocycles. The van der Waals surface area contributed by atoms with Crippen molar-refractivity contribution in [3.63, 3.8) is 0 Å². The fourth-order valence-corrected chi connectivity index (χ4v) is 5.10. The number of ether oxygens (including phenoxy) is 1. The van der Waals surface area contributed by atoms with Gasteiger partial charge in [0.05, 0.1) is 6.61 Å². The number of hydrogen-bond donors (Lipinski definition) is 0. The van der Waals surface area contributed by atoms with Gasteiger partial charge in [-0.3, -0.25) is 0 Å². The summed E-state index contributed by atoms with van der Waals surface area (Å²) in [6, 6.07) is 11.2. The van der Waals surface area contributed by atoms with Crippen LogP contribution in [0, 0.1) is 29.4 Å². The Bertz CT molecular complexity index is 829. The summed E-state index contributed by atoms with van der Waals surface area (Å²) in [5.74, 6) is 0.964. The third-order valence-electron chi connectivity index (χ3n) is 7.37. The molecule has 0 heterocycles. The van der Waals surface area contributed by atoms with Gasteiger partial charge >= 0.3 is 0 Å². The van der Waals surface area contributed by atoms with Crippen LogP contribution in [0.1, 0.15) is 76.7 Å². The van der Waals surface area contributed by atoms with Gasteiger partial charge in [-0.05, 0) is 72.6 Å². The van der Waals surface area contributed by atoms with E-state index < -0.39 is 11.6 Å². The molecule has 0 aromatic heterocycles. The Morgan fingerprint density at radius 2 is 1.33 bits per heavy atom. The molecule has 0 N–H and O–H groups in total. The van der Waals surface area contributed by atoms with Crippen molar-refractivity contribution < 1.29 is 13.5 Å². The molecular formula is C27H34F2O. The van der Waals surface area contributed by atoms with E-state index in [1.54, 1.807) is 12.1 Å². The summed E-state index contributed by atoms with van der Waals surface area (Å²) in [5.41, 5.74) is 2.33. The largest absolute Gasteiger partial charge is 0.490 e. The monoisotopic (exact) mass is 412 g/mol. The van der Waals surface area contributed by atoms with E-state index in [2.05, 4.69) is 26.0 Å². The van der Waals surface area contributed by atoms with Crippen LogP contribution < -0.4 is 4.74 Å². The Balaban J connectivity index is 1.42. The van der Waals surface area contributed by atoms with E-state index in [0.29, 0.717) is 29.6 Å². The molecule has 0 atom stereocenters. The second-order valence-electron chi connectivity index (χ2n) is 9.75. The van der Waals surface area contributed by atoms with Gasteiger partial charge in [0.2, 0.25) is 5.82 Å². The smallest absolute Gasteiger partial charge is 0.201 e. The van der Waals surface area contributed by atoms with Crippen LogP contribution in [-0.4, -0.2) is 6.61 Å². The highest BCUT2D eigenvalue weighted by Gasteiger charge is 2.22. The first-order valence-corrected chi connectivity index (χ1v) is 11.7. The first-order valence-electron chi connectivity index (χ1n) is 11.7. The molecule has 2 aliphatic rings. The molecule has 0 radical (unpaired) electrons. The van der Waals surface area contributed by atoms with E-state index in [-0.39, 0.29) is 5.75 Å². The lowest BCUT2D eigenvalue weighted by molar-refractivity contribution is 0.182. The average Bonchev–Trinajstić information content (AvgIpc) is 2.77. The Morgan fingerprint density at radius 1 is 0.733 bits per heavy atom. The molecule has 2 fully saturated rings. The van der Waals surface area contributed by atoms with Crippen LogP contribution in [0.15, 0.2) is 36.4 Å². The molecule has 30 heavy (non-hydrogen) atoms. The summed E-state index contributed by atoms with van der Waals surface area (Å²) in [6.07, 6.45) is 9.58. The normalized spacial score (nSPS) is 27.1. The molecule has 0 amide bonds. The number of rotatable bonds is 5. The van der Waals surface area contributed by atoms with E-state index >= 15 is 0 Å². The third kappa shape index (κ3) is 4.87. The van der Waals surface area contributed by atoms with E-state index in [0.717, 1.165) is 24.7 Å². The van der Waals surface area contributed by atoms with Crippen molar-refractivity contribution in [2.24, 2.45) is 17.8 Å². The molecule has 2 aromatic carbocycles. The molecule has 0 saturated heterocycles. The molecule has 162 valence electrons. The molecule has 3 heteroatoms. The van der Waals surface area contributed by atoms with Gasteiger partial charge in [0, 0.05) is 5.56 Å². The lowest BCUT2D eigenvalue weighted by Gasteiger charge is -2.26. The SMILES string of the molecule is CC1CCC(COc2ccc(-c3ccc(C4CCC(C)CC4)cc3)c(F)c2F)CC1. The van der Waals surface area contributed by atoms with Crippen LogP contribution in [0.5, 0.6) is 5.75 Å². The quantitative estimate of drug-likeness (QED) is 0.482. The van der Waals surface area contributed by atoms with Crippen molar-refractivity contribution in [1.82, 2.24) is 0 Å². The standard InChI is InChI=1S/C27H34F2O/c1-18-3-7-20(8-4-18)17-30-25-16-15-24(26(28)27(25)29)23-13-11-22(12-14-23)21-9-5-19(2)6-10-21/h11-16,18-21H,3-10,17H2,1-2H3. The van der Waals surface area contributed by atoms with E-state index in [1.807, 2.05) is 12.1 Å². The van der Waals surface area contributed by atoms with Crippen LogP contribution in [0.4, 0.5) is 8.78 Å². The second kappa shape index (κ2) is 9.49. The fourth-order valence-electron chi connectivity index (χ4n) is 5.10. The maximum absolute atomic E-state index is 14.8. The number of hydrogen-bond acceptors (Lipinski definition) is 1. The summed E-state index contributed by atoms with van der Waals surface area (Å²) in [6.45, 7) is 5.06. The van der Waals surface area contributed by atoms with Gasteiger partial charge in [-0.1, -0.05) is 63.8 Å².